The summed E-state index contributed by atoms with van der Waals surface area (Å²) >= 11 is 0. The SMILES string of the molecule is CC(C)CCNC(=O)[C@H]1Cc2cc([N+](=O)[O-])ccc2N2CCOC[C@@H]12. The van der Waals surface area contributed by atoms with Crippen molar-refractivity contribution in [3.05, 3.63) is 33.9 Å². The van der Waals surface area contributed by atoms with Crippen molar-refractivity contribution in [2.24, 2.45) is 11.8 Å². The van der Waals surface area contributed by atoms with Crippen molar-refractivity contribution in [3.8, 4) is 0 Å². The monoisotopic (exact) mass is 347 g/mol. The van der Waals surface area contributed by atoms with Crippen LogP contribution in [-0.2, 0) is 16.0 Å². The number of fused-ring (bicyclic) bond motifs is 3. The second-order valence-electron chi connectivity index (χ2n) is 7.19. The van der Waals surface area contributed by atoms with E-state index >= 15 is 0 Å². The number of ether oxygens (including phenoxy) is 1. The zero-order valence-corrected chi connectivity index (χ0v) is 14.7. The molecule has 0 spiro atoms. The summed E-state index contributed by atoms with van der Waals surface area (Å²) in [6.07, 6.45) is 1.44. The lowest BCUT2D eigenvalue weighted by molar-refractivity contribution is -0.384. The number of nitrogens with one attached hydrogen (secondary N) is 1. The maximum Gasteiger partial charge on any atom is 0.269 e. The Balaban J connectivity index is 1.83. The number of nitrogens with zero attached hydrogens (tertiary/aromatic N) is 2. The van der Waals surface area contributed by atoms with Crippen molar-refractivity contribution in [2.45, 2.75) is 32.7 Å². The fourth-order valence-corrected chi connectivity index (χ4v) is 3.64. The Morgan fingerprint density at radius 2 is 2.28 bits per heavy atom. The van der Waals surface area contributed by atoms with Crippen LogP contribution in [0.25, 0.3) is 0 Å². The Morgan fingerprint density at radius 1 is 1.48 bits per heavy atom. The zero-order chi connectivity index (χ0) is 18.0. The minimum Gasteiger partial charge on any atom is -0.377 e. The molecule has 2 atom stereocenters. The molecule has 0 radical (unpaired) electrons. The molecule has 0 aliphatic carbocycles. The molecule has 0 saturated carbocycles. The number of carbonyl (C=O) groups excluding carboxylic acids is 1. The molecule has 0 unspecified atom stereocenters. The molecular weight excluding hydrogens is 322 g/mol. The predicted molar refractivity (Wildman–Crippen MR) is 94.7 cm³/mol. The first-order valence-electron chi connectivity index (χ1n) is 8.86. The van der Waals surface area contributed by atoms with E-state index in [4.69, 9.17) is 4.74 Å². The second-order valence-corrected chi connectivity index (χ2v) is 7.19. The molecule has 1 fully saturated rings. The van der Waals surface area contributed by atoms with E-state index in [1.54, 1.807) is 12.1 Å². The van der Waals surface area contributed by atoms with Crippen LogP contribution in [-0.4, -0.2) is 43.2 Å². The summed E-state index contributed by atoms with van der Waals surface area (Å²) in [5.74, 6) is 0.296. The van der Waals surface area contributed by atoms with E-state index in [1.807, 2.05) is 0 Å². The fourth-order valence-electron chi connectivity index (χ4n) is 3.64. The van der Waals surface area contributed by atoms with Gasteiger partial charge >= 0.3 is 0 Å². The highest BCUT2D eigenvalue weighted by Gasteiger charge is 2.40. The van der Waals surface area contributed by atoms with Gasteiger partial charge in [-0.3, -0.25) is 14.9 Å². The smallest absolute Gasteiger partial charge is 0.269 e. The largest absolute Gasteiger partial charge is 0.377 e. The average Bonchev–Trinajstić information content (AvgIpc) is 2.60. The highest BCUT2D eigenvalue weighted by atomic mass is 16.6. The van der Waals surface area contributed by atoms with Crippen molar-refractivity contribution in [1.29, 1.82) is 0 Å². The van der Waals surface area contributed by atoms with Gasteiger partial charge in [-0.1, -0.05) is 13.8 Å². The van der Waals surface area contributed by atoms with Crippen LogP contribution < -0.4 is 10.2 Å². The van der Waals surface area contributed by atoms with Crippen LogP contribution in [0.5, 0.6) is 0 Å². The Morgan fingerprint density at radius 3 is 3.00 bits per heavy atom. The third-order valence-corrected chi connectivity index (χ3v) is 5.01. The molecular formula is C18H25N3O4. The van der Waals surface area contributed by atoms with E-state index < -0.39 is 0 Å². The van der Waals surface area contributed by atoms with Crippen molar-refractivity contribution in [3.63, 3.8) is 0 Å². The van der Waals surface area contributed by atoms with Gasteiger partial charge in [0.1, 0.15) is 0 Å². The van der Waals surface area contributed by atoms with Crippen molar-refractivity contribution >= 4 is 17.3 Å². The second kappa shape index (κ2) is 7.39. The Hall–Kier alpha value is -2.15. The maximum absolute atomic E-state index is 12.7. The zero-order valence-electron chi connectivity index (χ0n) is 14.7. The van der Waals surface area contributed by atoms with Gasteiger partial charge in [0.2, 0.25) is 5.91 Å². The molecule has 1 N–H and O–H groups in total. The molecule has 136 valence electrons. The van der Waals surface area contributed by atoms with Crippen LogP contribution in [0.4, 0.5) is 11.4 Å². The number of nitro benzene ring substituents is 1. The summed E-state index contributed by atoms with van der Waals surface area (Å²) in [6.45, 7) is 6.72. The van der Waals surface area contributed by atoms with Gasteiger partial charge in [-0.15, -0.1) is 0 Å². The Kier molecular flexibility index (Phi) is 5.22. The highest BCUT2D eigenvalue weighted by Crippen LogP contribution is 2.37. The number of rotatable bonds is 5. The fraction of sp³-hybridized carbons (Fsp3) is 0.611. The number of anilines is 1. The van der Waals surface area contributed by atoms with Crippen LogP contribution in [0.3, 0.4) is 0 Å². The van der Waals surface area contributed by atoms with E-state index in [9.17, 15) is 14.9 Å². The van der Waals surface area contributed by atoms with Crippen LogP contribution >= 0.6 is 0 Å². The van der Waals surface area contributed by atoms with Crippen LogP contribution in [0.1, 0.15) is 25.8 Å². The minimum atomic E-state index is -0.386. The van der Waals surface area contributed by atoms with Crippen LogP contribution in [0.2, 0.25) is 0 Å². The van der Waals surface area contributed by atoms with Crippen LogP contribution in [0, 0.1) is 22.0 Å². The molecule has 1 aromatic carbocycles. The van der Waals surface area contributed by atoms with E-state index in [-0.39, 0.29) is 28.5 Å². The topological polar surface area (TPSA) is 84.7 Å². The number of nitro groups is 1. The summed E-state index contributed by atoms with van der Waals surface area (Å²) < 4.78 is 5.61. The van der Waals surface area contributed by atoms with Gasteiger partial charge in [0, 0.05) is 30.9 Å². The molecule has 2 heterocycles. The molecule has 2 aliphatic heterocycles. The summed E-state index contributed by atoms with van der Waals surface area (Å²) in [6, 6.07) is 4.93. The van der Waals surface area contributed by atoms with E-state index in [0.29, 0.717) is 38.6 Å². The first-order valence-corrected chi connectivity index (χ1v) is 8.86. The lowest BCUT2D eigenvalue weighted by atomic mass is 9.84. The third kappa shape index (κ3) is 3.76. The number of hydrogen-bond acceptors (Lipinski definition) is 5. The van der Waals surface area contributed by atoms with E-state index in [0.717, 1.165) is 17.7 Å². The van der Waals surface area contributed by atoms with Gasteiger partial charge in [-0.25, -0.2) is 0 Å². The number of carbonyl (C=O) groups is 1. The number of morpholine rings is 1. The maximum atomic E-state index is 12.7. The number of hydrogen-bond donors (Lipinski definition) is 1. The summed E-state index contributed by atoms with van der Waals surface area (Å²) in [4.78, 5) is 25.6. The van der Waals surface area contributed by atoms with E-state index in [1.165, 1.54) is 6.07 Å². The molecule has 1 saturated heterocycles. The van der Waals surface area contributed by atoms with Crippen molar-refractivity contribution < 1.29 is 14.5 Å². The van der Waals surface area contributed by atoms with Gasteiger partial charge in [-0.2, -0.15) is 0 Å². The van der Waals surface area contributed by atoms with Crippen molar-refractivity contribution in [1.82, 2.24) is 5.32 Å². The Bertz CT molecular complexity index is 662. The number of non-ortho nitro benzene ring substituents is 1. The first kappa shape index (κ1) is 17.7. The molecule has 7 nitrogen and oxygen atoms in total. The molecule has 3 rings (SSSR count). The molecule has 0 bridgehead atoms. The summed E-state index contributed by atoms with van der Waals surface area (Å²) in [5, 5.41) is 14.1. The van der Waals surface area contributed by atoms with Gasteiger partial charge in [0.05, 0.1) is 30.1 Å². The molecule has 1 amide bonds. The van der Waals surface area contributed by atoms with Gasteiger partial charge in [0.25, 0.3) is 5.69 Å². The van der Waals surface area contributed by atoms with Gasteiger partial charge in [0.15, 0.2) is 0 Å². The quantitative estimate of drug-likeness (QED) is 0.651. The lowest BCUT2D eigenvalue weighted by Crippen LogP contribution is -2.56. The normalized spacial score (nSPS) is 22.3. The van der Waals surface area contributed by atoms with E-state index in [2.05, 4.69) is 24.1 Å². The summed E-state index contributed by atoms with van der Waals surface area (Å²) in [5.41, 5.74) is 1.94. The van der Waals surface area contributed by atoms with Crippen LogP contribution in [0.15, 0.2) is 18.2 Å². The third-order valence-electron chi connectivity index (χ3n) is 5.01. The lowest BCUT2D eigenvalue weighted by Gasteiger charge is -2.45. The van der Waals surface area contributed by atoms with Crippen molar-refractivity contribution in [2.75, 3.05) is 31.2 Å². The first-order chi connectivity index (χ1) is 12.0. The standard InChI is InChI=1S/C18H25N3O4/c1-12(2)5-6-19-18(22)15-10-13-9-14(21(23)24)3-4-16(13)20-7-8-25-11-17(15)20/h3-4,9,12,15,17H,5-8,10-11H2,1-2H3,(H,19,22)/t15-,17-/m0/s1. The minimum absolute atomic E-state index is 0.0123. The average molecular weight is 347 g/mol. The number of benzene rings is 1. The molecule has 2 aliphatic rings. The van der Waals surface area contributed by atoms with Gasteiger partial charge in [-0.05, 0) is 30.4 Å². The molecule has 7 heteroatoms. The highest BCUT2D eigenvalue weighted by molar-refractivity contribution is 5.82. The predicted octanol–water partition coefficient (Wildman–Crippen LogP) is 2.13. The number of amides is 1. The summed E-state index contributed by atoms with van der Waals surface area (Å²) in [7, 11) is 0. The Labute approximate surface area is 147 Å². The molecule has 0 aromatic heterocycles. The molecule has 25 heavy (non-hydrogen) atoms. The van der Waals surface area contributed by atoms with Gasteiger partial charge < -0.3 is 15.0 Å². The molecule has 1 aromatic rings.